The van der Waals surface area contributed by atoms with E-state index in [1.165, 1.54) is 31.2 Å². The van der Waals surface area contributed by atoms with Crippen LogP contribution in [0.15, 0.2) is 30.3 Å². The zero-order chi connectivity index (χ0) is 15.3. The smallest absolute Gasteiger partial charge is 0.0237 e. The number of hydrogen-bond acceptors (Lipinski definition) is 2. The third-order valence-corrected chi connectivity index (χ3v) is 4.96. The molecule has 0 aliphatic heterocycles. The first kappa shape index (κ1) is 16.5. The van der Waals surface area contributed by atoms with Gasteiger partial charge in [-0.15, -0.1) is 0 Å². The second-order valence-electron chi connectivity index (χ2n) is 7.57. The molecule has 0 radical (unpaired) electrons. The van der Waals surface area contributed by atoms with Crippen molar-refractivity contribution >= 4 is 0 Å². The van der Waals surface area contributed by atoms with Crippen LogP contribution in [0, 0.1) is 11.3 Å². The van der Waals surface area contributed by atoms with Crippen molar-refractivity contribution in [3.05, 3.63) is 35.9 Å². The molecule has 1 saturated carbocycles. The van der Waals surface area contributed by atoms with Gasteiger partial charge in [-0.1, -0.05) is 63.9 Å². The predicted molar refractivity (Wildman–Crippen MR) is 91.1 cm³/mol. The minimum atomic E-state index is 0.384. The summed E-state index contributed by atoms with van der Waals surface area (Å²) in [4.78, 5) is 2.64. The quantitative estimate of drug-likeness (QED) is 0.885. The standard InChI is InChI=1S/C19H32N2/c1-19(2,3)17-11-7-8-12-18(17)21(14-13-20)15-16-9-5-4-6-10-16/h4-6,9-10,17-18H,7-8,11-15,20H2,1-3H3. The molecule has 2 nitrogen and oxygen atoms in total. The van der Waals surface area contributed by atoms with Gasteiger partial charge in [0.2, 0.25) is 0 Å². The van der Waals surface area contributed by atoms with Gasteiger partial charge >= 0.3 is 0 Å². The minimum Gasteiger partial charge on any atom is -0.329 e. The number of nitrogens with zero attached hydrogens (tertiary/aromatic N) is 1. The summed E-state index contributed by atoms with van der Waals surface area (Å²) < 4.78 is 0. The fourth-order valence-corrected chi connectivity index (χ4v) is 3.90. The predicted octanol–water partition coefficient (Wildman–Crippen LogP) is 4.05. The van der Waals surface area contributed by atoms with Gasteiger partial charge in [-0.3, -0.25) is 4.90 Å². The number of nitrogens with two attached hydrogens (primary N) is 1. The minimum absolute atomic E-state index is 0.384. The molecular weight excluding hydrogens is 256 g/mol. The van der Waals surface area contributed by atoms with E-state index in [0.717, 1.165) is 25.6 Å². The summed E-state index contributed by atoms with van der Waals surface area (Å²) in [5.41, 5.74) is 7.69. The van der Waals surface area contributed by atoms with Crippen LogP contribution in [0.5, 0.6) is 0 Å². The Hall–Kier alpha value is -0.860. The Morgan fingerprint density at radius 1 is 1.10 bits per heavy atom. The molecule has 21 heavy (non-hydrogen) atoms. The van der Waals surface area contributed by atoms with E-state index in [9.17, 15) is 0 Å². The van der Waals surface area contributed by atoms with Gasteiger partial charge in [-0.05, 0) is 29.7 Å². The highest BCUT2D eigenvalue weighted by Crippen LogP contribution is 2.40. The lowest BCUT2D eigenvalue weighted by Crippen LogP contribution is -2.48. The lowest BCUT2D eigenvalue weighted by atomic mass is 9.69. The largest absolute Gasteiger partial charge is 0.329 e. The van der Waals surface area contributed by atoms with Gasteiger partial charge in [0.05, 0.1) is 0 Å². The molecule has 2 unspecified atom stereocenters. The maximum absolute atomic E-state index is 5.90. The van der Waals surface area contributed by atoms with Gasteiger partial charge in [0.1, 0.15) is 0 Å². The van der Waals surface area contributed by atoms with Crippen molar-refractivity contribution in [2.75, 3.05) is 13.1 Å². The first-order valence-corrected chi connectivity index (χ1v) is 8.50. The van der Waals surface area contributed by atoms with Gasteiger partial charge < -0.3 is 5.73 Å². The second kappa shape index (κ2) is 7.42. The van der Waals surface area contributed by atoms with Crippen LogP contribution in [-0.4, -0.2) is 24.0 Å². The van der Waals surface area contributed by atoms with Crippen LogP contribution in [0.25, 0.3) is 0 Å². The first-order chi connectivity index (χ1) is 10.0. The Labute approximate surface area is 130 Å². The summed E-state index contributed by atoms with van der Waals surface area (Å²) in [5, 5.41) is 0. The highest BCUT2D eigenvalue weighted by Gasteiger charge is 2.36. The molecule has 0 heterocycles. The fraction of sp³-hybridized carbons (Fsp3) is 0.684. The monoisotopic (exact) mass is 288 g/mol. The van der Waals surface area contributed by atoms with E-state index in [-0.39, 0.29) is 0 Å². The third-order valence-electron chi connectivity index (χ3n) is 4.96. The molecule has 0 spiro atoms. The molecule has 0 saturated heterocycles. The molecule has 0 aromatic heterocycles. The summed E-state index contributed by atoms with van der Waals surface area (Å²) in [6, 6.07) is 11.5. The number of hydrogen-bond donors (Lipinski definition) is 1. The highest BCUT2D eigenvalue weighted by molar-refractivity contribution is 5.14. The van der Waals surface area contributed by atoms with Crippen LogP contribution in [0.1, 0.15) is 52.0 Å². The molecular formula is C19H32N2. The molecule has 2 rings (SSSR count). The Morgan fingerprint density at radius 2 is 1.76 bits per heavy atom. The van der Waals surface area contributed by atoms with Crippen molar-refractivity contribution < 1.29 is 0 Å². The van der Waals surface area contributed by atoms with E-state index in [1.54, 1.807) is 0 Å². The van der Waals surface area contributed by atoms with Gasteiger partial charge in [0, 0.05) is 25.7 Å². The summed E-state index contributed by atoms with van der Waals surface area (Å²) in [7, 11) is 0. The Kier molecular flexibility index (Phi) is 5.83. The summed E-state index contributed by atoms with van der Waals surface area (Å²) >= 11 is 0. The summed E-state index contributed by atoms with van der Waals surface area (Å²) in [5.74, 6) is 0.779. The van der Waals surface area contributed by atoms with Crippen LogP contribution in [0.4, 0.5) is 0 Å². The topological polar surface area (TPSA) is 29.3 Å². The van der Waals surface area contributed by atoms with Gasteiger partial charge in [0.25, 0.3) is 0 Å². The average molecular weight is 288 g/mol. The third kappa shape index (κ3) is 4.55. The van der Waals surface area contributed by atoms with Crippen molar-refractivity contribution in [2.45, 2.75) is 59.0 Å². The SMILES string of the molecule is CC(C)(C)C1CCCCC1N(CCN)Cc1ccccc1. The normalized spacial score (nSPS) is 23.5. The average Bonchev–Trinajstić information content (AvgIpc) is 2.47. The Morgan fingerprint density at radius 3 is 2.38 bits per heavy atom. The second-order valence-corrected chi connectivity index (χ2v) is 7.57. The lowest BCUT2D eigenvalue weighted by Gasteiger charge is -2.46. The van der Waals surface area contributed by atoms with Crippen molar-refractivity contribution in [1.29, 1.82) is 0 Å². The molecule has 1 aliphatic carbocycles. The van der Waals surface area contributed by atoms with Crippen molar-refractivity contribution in [1.82, 2.24) is 4.90 Å². The maximum atomic E-state index is 5.90. The Bertz CT molecular complexity index is 407. The number of benzene rings is 1. The summed E-state index contributed by atoms with van der Waals surface area (Å²) in [6.07, 6.45) is 5.45. The van der Waals surface area contributed by atoms with E-state index < -0.39 is 0 Å². The zero-order valence-electron chi connectivity index (χ0n) is 14.0. The van der Waals surface area contributed by atoms with Crippen LogP contribution >= 0.6 is 0 Å². The van der Waals surface area contributed by atoms with Crippen molar-refractivity contribution in [3.8, 4) is 0 Å². The first-order valence-electron chi connectivity index (χ1n) is 8.50. The van der Waals surface area contributed by atoms with Gasteiger partial charge in [-0.25, -0.2) is 0 Å². The molecule has 2 N–H and O–H groups in total. The molecule has 118 valence electrons. The molecule has 1 aromatic carbocycles. The maximum Gasteiger partial charge on any atom is 0.0237 e. The fourth-order valence-electron chi connectivity index (χ4n) is 3.90. The van der Waals surface area contributed by atoms with Crippen LogP contribution < -0.4 is 5.73 Å². The molecule has 2 heteroatoms. The van der Waals surface area contributed by atoms with Crippen molar-refractivity contribution in [2.24, 2.45) is 17.1 Å². The van der Waals surface area contributed by atoms with Crippen LogP contribution in [0.3, 0.4) is 0 Å². The van der Waals surface area contributed by atoms with E-state index in [1.807, 2.05) is 0 Å². The zero-order valence-corrected chi connectivity index (χ0v) is 14.0. The van der Waals surface area contributed by atoms with Crippen LogP contribution in [0.2, 0.25) is 0 Å². The lowest BCUT2D eigenvalue weighted by molar-refractivity contribution is 0.0382. The van der Waals surface area contributed by atoms with E-state index in [0.29, 0.717) is 11.5 Å². The van der Waals surface area contributed by atoms with E-state index in [4.69, 9.17) is 5.73 Å². The molecule has 1 fully saturated rings. The molecule has 2 atom stereocenters. The van der Waals surface area contributed by atoms with E-state index >= 15 is 0 Å². The molecule has 1 aromatic rings. The van der Waals surface area contributed by atoms with Crippen molar-refractivity contribution in [3.63, 3.8) is 0 Å². The van der Waals surface area contributed by atoms with Crippen LogP contribution in [-0.2, 0) is 6.54 Å². The molecule has 1 aliphatic rings. The van der Waals surface area contributed by atoms with Gasteiger partial charge in [-0.2, -0.15) is 0 Å². The molecule has 0 amide bonds. The highest BCUT2D eigenvalue weighted by atomic mass is 15.2. The van der Waals surface area contributed by atoms with Gasteiger partial charge in [0.15, 0.2) is 0 Å². The Balaban J connectivity index is 2.15. The number of rotatable bonds is 5. The summed E-state index contributed by atoms with van der Waals surface area (Å²) in [6.45, 7) is 10.00. The van der Waals surface area contributed by atoms with E-state index in [2.05, 4.69) is 56.0 Å². The molecule has 0 bridgehead atoms.